The van der Waals surface area contributed by atoms with Crippen molar-refractivity contribution in [3.63, 3.8) is 0 Å². The Morgan fingerprint density at radius 1 is 1.00 bits per heavy atom. The van der Waals surface area contributed by atoms with Gasteiger partial charge >= 0.3 is 0 Å². The summed E-state index contributed by atoms with van der Waals surface area (Å²) in [4.78, 5) is 19.1. The van der Waals surface area contributed by atoms with Gasteiger partial charge in [-0.3, -0.25) is 9.69 Å². The van der Waals surface area contributed by atoms with Crippen LogP contribution in [-0.4, -0.2) is 30.3 Å². The highest BCUT2D eigenvalue weighted by atomic mass is 19.1. The van der Waals surface area contributed by atoms with Crippen molar-refractivity contribution in [2.45, 2.75) is 6.54 Å². The fourth-order valence-corrected chi connectivity index (χ4v) is 3.18. The van der Waals surface area contributed by atoms with Crippen LogP contribution >= 0.6 is 0 Å². The van der Waals surface area contributed by atoms with Crippen LogP contribution in [0.4, 0.5) is 10.2 Å². The number of hydrogen-bond donors (Lipinski definition) is 0. The van der Waals surface area contributed by atoms with Crippen molar-refractivity contribution in [2.75, 3.05) is 19.1 Å². The van der Waals surface area contributed by atoms with Gasteiger partial charge in [-0.05, 0) is 48.0 Å². The molecule has 0 bridgehead atoms. The molecule has 0 fully saturated rings. The summed E-state index contributed by atoms with van der Waals surface area (Å²) in [6, 6.07) is 18.0. The van der Waals surface area contributed by atoms with Crippen LogP contribution in [0.2, 0.25) is 0 Å². The molecule has 32 heavy (non-hydrogen) atoms. The summed E-state index contributed by atoms with van der Waals surface area (Å²) in [7, 11) is 3.09. The lowest BCUT2D eigenvalue weighted by atomic mass is 10.1. The number of pyridine rings is 1. The van der Waals surface area contributed by atoms with Crippen LogP contribution in [0.1, 0.15) is 16.1 Å². The highest BCUT2D eigenvalue weighted by molar-refractivity contribution is 6.04. The van der Waals surface area contributed by atoms with E-state index in [0.717, 1.165) is 5.56 Å². The number of anilines is 1. The number of halogens is 1. The molecule has 1 amide bonds. The number of ether oxygens (including phenoxy) is 2. The second kappa shape index (κ2) is 9.30. The van der Waals surface area contributed by atoms with E-state index in [2.05, 4.69) is 10.1 Å². The Balaban J connectivity index is 1.64. The van der Waals surface area contributed by atoms with E-state index in [9.17, 15) is 9.18 Å². The van der Waals surface area contributed by atoms with Gasteiger partial charge in [0, 0.05) is 17.8 Å². The topological polar surface area (TPSA) is 77.7 Å². The van der Waals surface area contributed by atoms with Crippen molar-refractivity contribution in [1.29, 1.82) is 0 Å². The van der Waals surface area contributed by atoms with Gasteiger partial charge in [-0.1, -0.05) is 23.4 Å². The first-order valence-electron chi connectivity index (χ1n) is 9.75. The van der Waals surface area contributed by atoms with E-state index in [-0.39, 0.29) is 18.1 Å². The summed E-state index contributed by atoms with van der Waals surface area (Å²) in [6.45, 7) is 0.189. The van der Waals surface area contributed by atoms with Crippen LogP contribution in [0.3, 0.4) is 0 Å². The molecule has 2 aromatic carbocycles. The van der Waals surface area contributed by atoms with Gasteiger partial charge in [0.15, 0.2) is 23.0 Å². The van der Waals surface area contributed by atoms with Crippen molar-refractivity contribution in [3.8, 4) is 22.8 Å². The SMILES string of the molecule is COc1ccc(-c2cc(C(=O)N(Cc3ccc(F)cc3)c3ccccn3)no2)cc1OC. The Kier molecular flexibility index (Phi) is 6.12. The minimum Gasteiger partial charge on any atom is -0.493 e. The molecule has 0 aliphatic heterocycles. The standard InChI is InChI=1S/C24H20FN3O4/c1-30-20-11-8-17(13-22(20)31-2)21-14-19(27-32-21)24(29)28(23-5-3-4-12-26-23)15-16-6-9-18(25)10-7-16/h3-14H,15H2,1-2H3. The molecule has 162 valence electrons. The van der Waals surface area contributed by atoms with Gasteiger partial charge in [-0.25, -0.2) is 9.37 Å². The molecule has 2 heterocycles. The molecule has 7 nitrogen and oxygen atoms in total. The Morgan fingerprint density at radius 2 is 1.78 bits per heavy atom. The molecular formula is C24H20FN3O4. The molecule has 0 N–H and O–H groups in total. The minimum absolute atomic E-state index is 0.113. The molecule has 0 saturated carbocycles. The predicted molar refractivity (Wildman–Crippen MR) is 116 cm³/mol. The molecule has 2 aromatic heterocycles. The predicted octanol–water partition coefficient (Wildman–Crippen LogP) is 4.74. The normalized spacial score (nSPS) is 10.6. The number of benzene rings is 2. The molecule has 0 aliphatic rings. The third kappa shape index (κ3) is 4.44. The van der Waals surface area contributed by atoms with Crippen LogP contribution in [-0.2, 0) is 6.54 Å². The zero-order valence-electron chi connectivity index (χ0n) is 17.5. The van der Waals surface area contributed by atoms with Gasteiger partial charge in [0.25, 0.3) is 5.91 Å². The lowest BCUT2D eigenvalue weighted by Gasteiger charge is -2.20. The summed E-state index contributed by atoms with van der Waals surface area (Å²) in [5, 5.41) is 3.97. The molecule has 8 heteroatoms. The minimum atomic E-state index is -0.400. The third-order valence-electron chi connectivity index (χ3n) is 4.82. The van der Waals surface area contributed by atoms with Gasteiger partial charge < -0.3 is 14.0 Å². The van der Waals surface area contributed by atoms with Gasteiger partial charge in [0.2, 0.25) is 0 Å². The second-order valence-corrected chi connectivity index (χ2v) is 6.85. The lowest BCUT2D eigenvalue weighted by Crippen LogP contribution is -2.31. The summed E-state index contributed by atoms with van der Waals surface area (Å²) in [6.07, 6.45) is 1.60. The van der Waals surface area contributed by atoms with Crippen molar-refractivity contribution < 1.29 is 23.2 Å². The zero-order valence-corrected chi connectivity index (χ0v) is 17.5. The van der Waals surface area contributed by atoms with E-state index in [1.807, 2.05) is 0 Å². The molecule has 0 radical (unpaired) electrons. The van der Waals surface area contributed by atoms with E-state index < -0.39 is 5.91 Å². The lowest BCUT2D eigenvalue weighted by molar-refractivity contribution is 0.0975. The molecule has 0 spiro atoms. The first-order valence-corrected chi connectivity index (χ1v) is 9.75. The fourth-order valence-electron chi connectivity index (χ4n) is 3.18. The number of hydrogen-bond acceptors (Lipinski definition) is 6. The summed E-state index contributed by atoms with van der Waals surface area (Å²) in [5.41, 5.74) is 1.54. The quantitative estimate of drug-likeness (QED) is 0.419. The molecule has 0 unspecified atom stereocenters. The van der Waals surface area contributed by atoms with Crippen LogP contribution in [0, 0.1) is 5.82 Å². The summed E-state index contributed by atoms with van der Waals surface area (Å²) in [5.74, 6) is 1.20. The average Bonchev–Trinajstić information content (AvgIpc) is 3.34. The first-order chi connectivity index (χ1) is 15.6. The summed E-state index contributed by atoms with van der Waals surface area (Å²) < 4.78 is 29.3. The molecule has 0 atom stereocenters. The second-order valence-electron chi connectivity index (χ2n) is 6.85. The number of nitrogens with zero attached hydrogens (tertiary/aromatic N) is 3. The van der Waals surface area contributed by atoms with Gasteiger partial charge in [-0.15, -0.1) is 0 Å². The van der Waals surface area contributed by atoms with Crippen LogP contribution in [0.15, 0.2) is 77.4 Å². The smallest absolute Gasteiger partial charge is 0.281 e. The maximum atomic E-state index is 13.3. The Labute approximate surface area is 184 Å². The highest BCUT2D eigenvalue weighted by Gasteiger charge is 2.23. The van der Waals surface area contributed by atoms with Gasteiger partial charge in [0.1, 0.15) is 11.6 Å². The number of aromatic nitrogens is 2. The highest BCUT2D eigenvalue weighted by Crippen LogP contribution is 2.32. The van der Waals surface area contributed by atoms with E-state index in [1.54, 1.807) is 67.9 Å². The zero-order chi connectivity index (χ0) is 22.5. The maximum Gasteiger partial charge on any atom is 0.281 e. The van der Waals surface area contributed by atoms with Crippen LogP contribution < -0.4 is 14.4 Å². The van der Waals surface area contributed by atoms with Crippen molar-refractivity contribution in [2.24, 2.45) is 0 Å². The maximum absolute atomic E-state index is 13.3. The van der Waals surface area contributed by atoms with Gasteiger partial charge in [0.05, 0.1) is 20.8 Å². The first kappa shape index (κ1) is 21.0. The molecular weight excluding hydrogens is 413 g/mol. The molecule has 4 aromatic rings. The van der Waals surface area contributed by atoms with E-state index in [4.69, 9.17) is 14.0 Å². The number of methoxy groups -OCH3 is 2. The Hall–Kier alpha value is -4.20. The van der Waals surface area contributed by atoms with E-state index in [0.29, 0.717) is 28.6 Å². The largest absolute Gasteiger partial charge is 0.493 e. The van der Waals surface area contributed by atoms with Crippen molar-refractivity contribution >= 4 is 11.7 Å². The Bertz CT molecular complexity index is 1210. The average molecular weight is 433 g/mol. The molecule has 4 rings (SSSR count). The number of rotatable bonds is 7. The number of carbonyl (C=O) groups excluding carboxylic acids is 1. The molecule has 0 aliphatic carbocycles. The number of amides is 1. The van der Waals surface area contributed by atoms with Gasteiger partial charge in [-0.2, -0.15) is 0 Å². The summed E-state index contributed by atoms with van der Waals surface area (Å²) >= 11 is 0. The molecule has 0 saturated heterocycles. The van der Waals surface area contributed by atoms with E-state index in [1.165, 1.54) is 24.1 Å². The Morgan fingerprint density at radius 3 is 2.47 bits per heavy atom. The number of carbonyl (C=O) groups is 1. The van der Waals surface area contributed by atoms with E-state index >= 15 is 0 Å². The van der Waals surface area contributed by atoms with Crippen molar-refractivity contribution in [3.05, 3.63) is 90.0 Å². The van der Waals surface area contributed by atoms with Crippen LogP contribution in [0.25, 0.3) is 11.3 Å². The fraction of sp³-hybridized carbons (Fsp3) is 0.125. The third-order valence-corrected chi connectivity index (χ3v) is 4.82. The van der Waals surface area contributed by atoms with Crippen molar-refractivity contribution in [1.82, 2.24) is 10.1 Å². The van der Waals surface area contributed by atoms with Crippen LogP contribution in [0.5, 0.6) is 11.5 Å². The monoisotopic (exact) mass is 433 g/mol.